The Morgan fingerprint density at radius 3 is 2.46 bits per heavy atom. The Morgan fingerprint density at radius 2 is 1.81 bits per heavy atom. The van der Waals surface area contributed by atoms with Crippen molar-refractivity contribution in [1.82, 2.24) is 30.7 Å². The molecule has 3 N–H and O–H groups in total. The molecule has 63 heavy (non-hydrogen) atoms. The summed E-state index contributed by atoms with van der Waals surface area (Å²) in [6.45, 7) is 23.2. The normalized spacial score (nSPS) is 20.6. The van der Waals surface area contributed by atoms with Crippen molar-refractivity contribution < 1.29 is 37.8 Å². The van der Waals surface area contributed by atoms with Gasteiger partial charge in [-0.1, -0.05) is 60.5 Å². The maximum Gasteiger partial charge on any atom is 0.407 e. The van der Waals surface area contributed by atoms with E-state index in [0.29, 0.717) is 30.9 Å². The number of likely N-dealkylation sites (N-methyl/N-ethyl adjacent to an activating group) is 1. The van der Waals surface area contributed by atoms with Gasteiger partial charge in [0.05, 0.1) is 18.5 Å². The lowest BCUT2D eigenvalue weighted by Gasteiger charge is -2.40. The molecule has 0 bridgehead atoms. The minimum absolute atomic E-state index is 0.00686. The summed E-state index contributed by atoms with van der Waals surface area (Å²) in [6.07, 6.45) is 5.43. The second kappa shape index (κ2) is 24.6. The first-order chi connectivity index (χ1) is 29.8. The average Bonchev–Trinajstić information content (AvgIpc) is 3.72. The first-order valence-corrected chi connectivity index (χ1v) is 24.3. The molecule has 1 aliphatic heterocycles. The Morgan fingerprint density at radius 1 is 1.06 bits per heavy atom. The highest BCUT2D eigenvalue weighted by molar-refractivity contribution is 7.09. The molecular weight excluding hydrogens is 824 g/mol. The summed E-state index contributed by atoms with van der Waals surface area (Å²) in [7, 11) is 2.05. The number of alkyl carbamates (subject to hydrolysis) is 1. The molecule has 2 heterocycles. The Balaban J connectivity index is 1.48. The largest absolute Gasteiger partial charge is 0.460 e. The zero-order valence-corrected chi connectivity index (χ0v) is 40.7. The van der Waals surface area contributed by atoms with Gasteiger partial charge in [-0.15, -0.1) is 11.3 Å². The van der Waals surface area contributed by atoms with Gasteiger partial charge in [-0.3, -0.25) is 24.2 Å². The van der Waals surface area contributed by atoms with Gasteiger partial charge in [0.2, 0.25) is 5.91 Å². The van der Waals surface area contributed by atoms with E-state index in [1.54, 1.807) is 39.1 Å². The van der Waals surface area contributed by atoms with E-state index in [2.05, 4.69) is 74.3 Å². The molecule has 1 aliphatic carbocycles. The highest BCUT2D eigenvalue weighted by Crippen LogP contribution is 2.35. The maximum absolute atomic E-state index is 14.5. The number of fused-ring (bicyclic) bond motifs is 1. The van der Waals surface area contributed by atoms with Gasteiger partial charge in [0.15, 0.2) is 0 Å². The third-order valence-corrected chi connectivity index (χ3v) is 13.2. The van der Waals surface area contributed by atoms with Crippen LogP contribution in [0, 0.1) is 17.7 Å². The lowest BCUT2D eigenvalue weighted by molar-refractivity contribution is -0.150. The first-order valence-electron chi connectivity index (χ1n) is 23.4. The molecule has 2 aromatic rings. The zero-order chi connectivity index (χ0) is 46.4. The van der Waals surface area contributed by atoms with Gasteiger partial charge in [0.25, 0.3) is 5.91 Å². The van der Waals surface area contributed by atoms with Crippen LogP contribution in [0.1, 0.15) is 159 Å². The molecule has 13 nitrogen and oxygen atoms in total. The molecular formula is C48H77FN6O7S. The molecule has 1 aromatic carbocycles. The summed E-state index contributed by atoms with van der Waals surface area (Å²) in [6, 6.07) is 3.92. The smallest absolute Gasteiger partial charge is 0.407 e. The lowest BCUT2D eigenvalue weighted by atomic mass is 9.80. The minimum atomic E-state index is -0.836. The summed E-state index contributed by atoms with van der Waals surface area (Å²) in [4.78, 5) is 63.0. The number of hydrogen-bond acceptors (Lipinski definition) is 11. The first kappa shape index (κ1) is 52.0. The second-order valence-corrected chi connectivity index (χ2v) is 20.0. The van der Waals surface area contributed by atoms with Crippen LogP contribution in [0.3, 0.4) is 0 Å². The fraction of sp³-hybridized carbons (Fsp3) is 0.729. The molecule has 4 rings (SSSR count). The number of benzene rings is 1. The van der Waals surface area contributed by atoms with Gasteiger partial charge in [-0.25, -0.2) is 14.2 Å². The number of aromatic nitrogens is 1. The molecule has 354 valence electrons. The number of carbonyl (C=O) groups excluding carboxylic acids is 4. The van der Waals surface area contributed by atoms with E-state index in [1.807, 2.05) is 0 Å². The third kappa shape index (κ3) is 15.8. The van der Waals surface area contributed by atoms with Crippen molar-refractivity contribution in [3.05, 3.63) is 51.2 Å². The minimum Gasteiger partial charge on any atom is -0.460 e. The molecule has 8 atom stereocenters. The number of nitrogens with zero attached hydrogens (tertiary/aromatic N) is 3. The fourth-order valence-electron chi connectivity index (χ4n) is 8.66. The van der Waals surface area contributed by atoms with Crippen molar-refractivity contribution >= 4 is 35.2 Å². The quantitative estimate of drug-likeness (QED) is 0.0988. The highest BCUT2D eigenvalue weighted by atomic mass is 32.1. The standard InChI is InChI=1S/C48H77FN6O7S/c1-12-20-55(28-38(31(6)14-3)52-44(57)40-17-15-16-21-54(40)11)41(30(4)5)26-42(60-22-13-2)45-53-39(29-63-45)43(56)51-35-23-33-18-19-34(49)24-36(33)37(25-35)46(58)61-32(7)27-50-47(59)62-48(8,9)10/h18-19,24,29-32,35,37-38,40-42H,12-17,20-23,25-28H2,1-11H3,(H,50,59)(H,51,56)(H,52,57). The number of esters is 1. The third-order valence-electron chi connectivity index (χ3n) is 12.3. The van der Waals surface area contributed by atoms with Gasteiger partial charge in [0.1, 0.15) is 34.3 Å². The number of hydrogen-bond donors (Lipinski definition) is 3. The summed E-state index contributed by atoms with van der Waals surface area (Å²) in [5, 5.41) is 11.7. The molecule has 8 unspecified atom stereocenters. The van der Waals surface area contributed by atoms with Crippen molar-refractivity contribution in [2.75, 3.05) is 39.8 Å². The van der Waals surface area contributed by atoms with Crippen LogP contribution in [0.15, 0.2) is 23.6 Å². The van der Waals surface area contributed by atoms with Crippen LogP contribution in [-0.4, -0.2) is 114 Å². The molecule has 0 spiro atoms. The van der Waals surface area contributed by atoms with E-state index >= 15 is 0 Å². The van der Waals surface area contributed by atoms with Crippen LogP contribution in [0.2, 0.25) is 0 Å². The van der Waals surface area contributed by atoms with Crippen molar-refractivity contribution in [1.29, 1.82) is 0 Å². The number of amides is 3. The van der Waals surface area contributed by atoms with Gasteiger partial charge < -0.3 is 30.2 Å². The fourth-order valence-corrected chi connectivity index (χ4v) is 9.52. The number of ether oxygens (including phenoxy) is 3. The Hall–Kier alpha value is -3.66. The number of carbonyl (C=O) groups is 4. The second-order valence-electron chi connectivity index (χ2n) is 19.1. The van der Waals surface area contributed by atoms with Gasteiger partial charge >= 0.3 is 12.1 Å². The Labute approximate surface area is 380 Å². The molecule has 1 fully saturated rings. The van der Waals surface area contributed by atoms with Crippen LogP contribution < -0.4 is 16.0 Å². The predicted molar refractivity (Wildman–Crippen MR) is 246 cm³/mol. The number of rotatable bonds is 22. The van der Waals surface area contributed by atoms with E-state index in [-0.39, 0.29) is 60.6 Å². The van der Waals surface area contributed by atoms with E-state index in [9.17, 15) is 23.6 Å². The van der Waals surface area contributed by atoms with Gasteiger partial charge in [-0.05, 0) is 128 Å². The summed E-state index contributed by atoms with van der Waals surface area (Å²) < 4.78 is 32.1. The van der Waals surface area contributed by atoms with Gasteiger partial charge in [0, 0.05) is 36.7 Å². The number of thiazole rings is 1. The highest BCUT2D eigenvalue weighted by Gasteiger charge is 2.37. The van der Waals surface area contributed by atoms with E-state index in [4.69, 9.17) is 19.2 Å². The maximum atomic E-state index is 14.5. The van der Waals surface area contributed by atoms with Crippen LogP contribution in [0.25, 0.3) is 0 Å². The molecule has 2 aliphatic rings. The van der Waals surface area contributed by atoms with Crippen molar-refractivity contribution in [3.63, 3.8) is 0 Å². The Bertz CT molecular complexity index is 1790. The van der Waals surface area contributed by atoms with Crippen LogP contribution in [-0.2, 0) is 30.2 Å². The number of piperidine rings is 1. The molecule has 0 radical (unpaired) electrons. The average molecular weight is 901 g/mol. The SMILES string of the molecule is CCCOC(CC(C(C)C)N(CCC)CC(NC(=O)C1CCCCN1C)C(C)CC)c1nc(C(=O)NC2Cc3ccc(F)cc3C(C(=O)OC(C)CNC(=O)OC(C)(C)C)C2)cs1. The molecule has 3 amide bonds. The lowest BCUT2D eigenvalue weighted by Crippen LogP contribution is -2.56. The van der Waals surface area contributed by atoms with E-state index in [0.717, 1.165) is 68.7 Å². The Kier molecular flexibility index (Phi) is 20.3. The molecule has 1 saturated heterocycles. The molecule has 15 heteroatoms. The topological polar surface area (TPSA) is 151 Å². The van der Waals surface area contributed by atoms with Crippen molar-refractivity contribution in [2.45, 2.75) is 175 Å². The summed E-state index contributed by atoms with van der Waals surface area (Å²) >= 11 is 1.40. The van der Waals surface area contributed by atoms with Crippen LogP contribution in [0.4, 0.5) is 9.18 Å². The van der Waals surface area contributed by atoms with Gasteiger partial charge in [-0.2, -0.15) is 0 Å². The monoisotopic (exact) mass is 901 g/mol. The number of nitrogens with one attached hydrogen (secondary N) is 3. The molecule has 0 saturated carbocycles. The summed E-state index contributed by atoms with van der Waals surface area (Å²) in [5.74, 6) is -1.55. The van der Waals surface area contributed by atoms with Crippen molar-refractivity contribution in [3.8, 4) is 0 Å². The molecule has 1 aromatic heterocycles. The number of halogens is 1. The number of likely N-dealkylation sites (tertiary alicyclic amines) is 1. The van der Waals surface area contributed by atoms with Crippen LogP contribution >= 0.6 is 11.3 Å². The predicted octanol–water partition coefficient (Wildman–Crippen LogP) is 8.18. The zero-order valence-electron chi connectivity index (χ0n) is 39.9. The van der Waals surface area contributed by atoms with E-state index < -0.39 is 41.5 Å². The summed E-state index contributed by atoms with van der Waals surface area (Å²) in [5.41, 5.74) is 0.858. The van der Waals surface area contributed by atoms with E-state index in [1.165, 1.54) is 23.5 Å². The van der Waals surface area contributed by atoms with Crippen molar-refractivity contribution in [2.24, 2.45) is 11.8 Å². The van der Waals surface area contributed by atoms with Crippen LogP contribution in [0.5, 0.6) is 0 Å².